The lowest BCUT2D eigenvalue weighted by molar-refractivity contribution is 0.157. The predicted octanol–water partition coefficient (Wildman–Crippen LogP) is 26.9. The van der Waals surface area contributed by atoms with Gasteiger partial charge in [-0.15, -0.1) is 0 Å². The predicted molar refractivity (Wildman–Crippen MR) is 464 cm³/mol. The molecule has 0 aromatic heterocycles. The van der Waals surface area contributed by atoms with E-state index in [1.54, 1.807) is 0 Å². The quantitative estimate of drug-likeness (QED) is 0.176. The van der Waals surface area contributed by atoms with E-state index in [1.165, 1.54) is 110 Å². The highest BCUT2D eigenvalue weighted by molar-refractivity contribution is 6.08. The number of aliphatic imine (C=N–C) groups is 2. The number of rotatable bonds is 1. The van der Waals surface area contributed by atoms with E-state index in [1.807, 2.05) is 136 Å². The molecule has 0 saturated carbocycles. The minimum Gasteiger partial charge on any atom is -0.489 e. The van der Waals surface area contributed by atoms with Crippen LogP contribution in [-0.4, -0.2) is 43.6 Å². The van der Waals surface area contributed by atoms with Crippen LogP contribution in [0, 0.1) is 0 Å². The molecule has 1 N–H and O–H groups in total. The summed E-state index contributed by atoms with van der Waals surface area (Å²) in [6, 6.07) is 92.9. The maximum absolute atomic E-state index is 6.72. The number of nitrogens with one attached hydrogen (secondary N) is 1. The fourth-order valence-corrected chi connectivity index (χ4v) is 15.4. The van der Waals surface area contributed by atoms with E-state index in [0.29, 0.717) is 19.8 Å². The summed E-state index contributed by atoms with van der Waals surface area (Å²) in [6.07, 6.45) is 20.2. The second-order valence-electron chi connectivity index (χ2n) is 26.1. The van der Waals surface area contributed by atoms with Gasteiger partial charge in [0.05, 0.1) is 6.21 Å². The molecule has 6 aliphatic heterocycles. The summed E-state index contributed by atoms with van der Waals surface area (Å²) >= 11 is 0. The van der Waals surface area contributed by atoms with Crippen LogP contribution < -0.4 is 29.0 Å². The van der Waals surface area contributed by atoms with Gasteiger partial charge < -0.3 is 29.0 Å². The average Bonchev–Trinajstić information content (AvgIpc) is 1.64. The third kappa shape index (κ3) is 15.4. The molecule has 6 heterocycles. The summed E-state index contributed by atoms with van der Waals surface area (Å²) in [7, 11) is 0. The standard InChI is InChI=1S/C26H19NO.C20H14O.C19H14N2O.2C13H10O.5C2H6/c1-2-8-18(9-3-1)23-14-24-25(22-13-7-6-12-21(22)23)28-26(17-27-24)15-19-10-4-5-11-20(19)16-26;1-2-7-14-13(6-1)12-18-17-10-5-11-21-20(17)16-9-4-3-8-15(16)19(14)18;1-3-7-15-13(5-1)9-10-17-18(15)20-12-19(22-17)11-14-6-2-4-8-16(14)21-19;1-2-6-12-10(4-1)7-8-11-5-3-9-14-13(11)12;1-2-5-11-10(4-1)7-8-13-12(11)6-3-9-14-13;5*1-2/h1-14,17H,15-16H2;1-10H,11-12H2;1-10,12,21H,11H2;2*1-8H,9H2;5*1-2H3. The van der Waals surface area contributed by atoms with Crippen molar-refractivity contribution in [2.75, 3.05) is 25.1 Å². The molecule has 8 heteroatoms. The van der Waals surface area contributed by atoms with Crippen molar-refractivity contribution in [2.45, 2.75) is 106 Å². The third-order valence-electron chi connectivity index (χ3n) is 19.9. The van der Waals surface area contributed by atoms with Crippen molar-refractivity contribution >= 4 is 102 Å². The first-order chi connectivity index (χ1) is 54.0. The van der Waals surface area contributed by atoms with Crippen molar-refractivity contribution in [3.8, 4) is 51.0 Å². The first kappa shape index (κ1) is 75.0. The molecule has 546 valence electrons. The summed E-state index contributed by atoms with van der Waals surface area (Å²) in [4.78, 5) is 9.62. The fourth-order valence-electron chi connectivity index (χ4n) is 15.4. The Morgan fingerprint density at radius 3 is 1.56 bits per heavy atom. The van der Waals surface area contributed by atoms with E-state index in [-0.39, 0.29) is 5.60 Å². The normalized spacial score (nSPS) is 15.0. The Bertz CT molecular complexity index is 5660. The van der Waals surface area contributed by atoms with Gasteiger partial charge in [0.1, 0.15) is 54.2 Å². The van der Waals surface area contributed by atoms with Crippen LogP contribution in [0.25, 0.3) is 94.3 Å². The van der Waals surface area contributed by atoms with Gasteiger partial charge in [-0.2, -0.15) is 0 Å². The molecule has 8 aliphatic rings. The largest absolute Gasteiger partial charge is 0.489 e. The molecular formula is C101H97N3O5. The van der Waals surface area contributed by atoms with Crippen LogP contribution in [0.1, 0.15) is 114 Å². The van der Waals surface area contributed by atoms with Gasteiger partial charge in [0.2, 0.25) is 5.72 Å². The maximum atomic E-state index is 6.72. The number of fused-ring (bicyclic) bond motifs is 22. The first-order valence-corrected chi connectivity index (χ1v) is 39.1. The second kappa shape index (κ2) is 35.0. The van der Waals surface area contributed by atoms with Crippen LogP contribution in [0.4, 0.5) is 17.1 Å². The van der Waals surface area contributed by atoms with Gasteiger partial charge in [0.15, 0.2) is 11.4 Å². The minimum absolute atomic E-state index is 0.367. The molecule has 109 heavy (non-hydrogen) atoms. The van der Waals surface area contributed by atoms with Crippen LogP contribution in [0.2, 0.25) is 0 Å². The molecule has 2 aliphatic carbocycles. The van der Waals surface area contributed by atoms with Gasteiger partial charge in [-0.25, -0.2) is 0 Å². The van der Waals surface area contributed by atoms with Gasteiger partial charge in [-0.1, -0.05) is 330 Å². The fraction of sp³-hybridized carbons (Fsp3) is 0.188. The van der Waals surface area contributed by atoms with E-state index in [0.717, 1.165) is 82.3 Å². The lowest BCUT2D eigenvalue weighted by Crippen LogP contribution is -2.45. The van der Waals surface area contributed by atoms with E-state index < -0.39 is 5.72 Å². The van der Waals surface area contributed by atoms with Crippen molar-refractivity contribution in [1.29, 1.82) is 0 Å². The zero-order valence-corrected chi connectivity index (χ0v) is 64.4. The number of anilines is 1. The molecule has 1 unspecified atom stereocenters. The zero-order chi connectivity index (χ0) is 75.7. The molecule has 1 atom stereocenters. The Labute approximate surface area is 643 Å². The van der Waals surface area contributed by atoms with Crippen molar-refractivity contribution < 1.29 is 23.7 Å². The van der Waals surface area contributed by atoms with Crippen LogP contribution in [0.15, 0.2) is 295 Å². The lowest BCUT2D eigenvalue weighted by atomic mass is 9.92. The maximum Gasteiger partial charge on any atom is 0.221 e. The van der Waals surface area contributed by atoms with Gasteiger partial charge in [0, 0.05) is 69.4 Å². The number of benzene rings is 14. The number of hydrogen-bond donors (Lipinski definition) is 1. The van der Waals surface area contributed by atoms with E-state index >= 15 is 0 Å². The summed E-state index contributed by atoms with van der Waals surface area (Å²) in [6.45, 7) is 22.0. The highest BCUT2D eigenvalue weighted by Gasteiger charge is 2.42. The smallest absolute Gasteiger partial charge is 0.221 e. The summed E-state index contributed by atoms with van der Waals surface area (Å²) in [5, 5.41) is 15.6. The van der Waals surface area contributed by atoms with Crippen molar-refractivity contribution in [3.63, 3.8) is 0 Å². The zero-order valence-electron chi connectivity index (χ0n) is 64.4. The Balaban J connectivity index is 0.000000119. The molecule has 0 amide bonds. The van der Waals surface area contributed by atoms with E-state index in [2.05, 4.69) is 254 Å². The highest BCUT2D eigenvalue weighted by atomic mass is 16.5. The molecule has 8 nitrogen and oxygen atoms in total. The SMILES string of the molecule is C1=Cc2c(ccc3ccccc23)OC1.C1=Cc2c3c(c4ccccc4c2OC1)-c1ccccc1C3.C1=Cc2ccc3ccccc3c2OC1.C1=Nc2c(ccc3ccccc23)OC12Cc1ccccc1N2.C1=Nc2cc(-c3ccccc3)c3ccccc3c2OC12Cc1ccccc1C2.CC.CC.CC.CC.CC. The Morgan fingerprint density at radius 2 is 0.862 bits per heavy atom. The van der Waals surface area contributed by atoms with Crippen LogP contribution in [0.5, 0.6) is 28.7 Å². The molecule has 0 fully saturated rings. The molecule has 0 radical (unpaired) electrons. The molecule has 0 saturated heterocycles. The summed E-state index contributed by atoms with van der Waals surface area (Å²) in [5.41, 5.74) is 17.7. The van der Waals surface area contributed by atoms with Crippen molar-refractivity contribution in [2.24, 2.45) is 9.98 Å². The van der Waals surface area contributed by atoms with Gasteiger partial charge >= 0.3 is 0 Å². The van der Waals surface area contributed by atoms with Crippen LogP contribution in [-0.2, 0) is 25.7 Å². The molecular weight excluding hydrogens is 1340 g/mol. The van der Waals surface area contributed by atoms with Gasteiger partial charge in [-0.05, 0) is 131 Å². The number of ether oxygens (including phenoxy) is 5. The summed E-state index contributed by atoms with van der Waals surface area (Å²) < 4.78 is 30.2. The van der Waals surface area contributed by atoms with Crippen molar-refractivity contribution in [1.82, 2.24) is 0 Å². The van der Waals surface area contributed by atoms with Gasteiger partial charge in [-0.3, -0.25) is 9.98 Å². The van der Waals surface area contributed by atoms with Gasteiger partial charge in [0.25, 0.3) is 0 Å². The highest BCUT2D eigenvalue weighted by Crippen LogP contribution is 2.51. The number of hydrogen-bond acceptors (Lipinski definition) is 8. The average molecular weight is 1430 g/mol. The number of nitrogens with zero attached hydrogens (tertiary/aromatic N) is 2. The lowest BCUT2D eigenvalue weighted by Gasteiger charge is -2.31. The third-order valence-corrected chi connectivity index (χ3v) is 19.9. The minimum atomic E-state index is -0.556. The molecule has 0 bridgehead atoms. The second-order valence-corrected chi connectivity index (χ2v) is 26.1. The topological polar surface area (TPSA) is 82.9 Å². The monoisotopic (exact) mass is 1430 g/mol. The first-order valence-electron chi connectivity index (χ1n) is 39.1. The number of para-hydroxylation sites is 1. The molecule has 22 rings (SSSR count). The Hall–Kier alpha value is -12.3. The van der Waals surface area contributed by atoms with Crippen LogP contribution in [0.3, 0.4) is 0 Å². The Morgan fingerprint density at radius 1 is 0.349 bits per heavy atom. The van der Waals surface area contributed by atoms with Crippen LogP contribution >= 0.6 is 0 Å². The van der Waals surface area contributed by atoms with Crippen molar-refractivity contribution in [3.05, 3.63) is 330 Å². The molecule has 14 aromatic carbocycles. The molecule has 14 aromatic rings. The summed E-state index contributed by atoms with van der Waals surface area (Å²) in [5.74, 6) is 4.81. The molecule has 2 spiro atoms. The van der Waals surface area contributed by atoms with E-state index in [9.17, 15) is 0 Å². The Kier molecular flexibility index (Phi) is 24.1. The van der Waals surface area contributed by atoms with E-state index in [4.69, 9.17) is 33.7 Å².